The Bertz CT molecular complexity index is 982. The number of rotatable bonds is 2. The van der Waals surface area contributed by atoms with Crippen molar-refractivity contribution in [2.24, 2.45) is 0 Å². The molecule has 0 bridgehead atoms. The number of aromatic nitrogens is 3. The van der Waals surface area contributed by atoms with Crippen molar-refractivity contribution in [2.45, 2.75) is 38.0 Å². The average molecular weight is 464 g/mol. The number of nitrogens with zero attached hydrogens (tertiary/aromatic N) is 4. The maximum Gasteiger partial charge on any atom is 0.397 e. The van der Waals surface area contributed by atoms with Crippen molar-refractivity contribution in [3.8, 4) is 0 Å². The van der Waals surface area contributed by atoms with E-state index in [-0.39, 0.29) is 18.0 Å². The number of fused-ring (bicyclic) bond motifs is 1. The molecule has 0 aromatic carbocycles. The largest absolute Gasteiger partial charge is 0.397 e. The molecular formula is C15H19ClF5N5O2S. The van der Waals surface area contributed by atoms with E-state index in [1.54, 1.807) is 0 Å². The highest BCUT2D eigenvalue weighted by molar-refractivity contribution is 7.88. The summed E-state index contributed by atoms with van der Waals surface area (Å²) in [5, 5.41) is 2.93. The number of hydrogen-bond acceptors (Lipinski definition) is 5. The van der Waals surface area contributed by atoms with Gasteiger partial charge in [-0.15, -0.1) is 5.10 Å². The summed E-state index contributed by atoms with van der Waals surface area (Å²) >= 11 is 5.59. The quantitative estimate of drug-likeness (QED) is 0.690. The number of alkyl halides is 4. The first-order chi connectivity index (χ1) is 13.2. The van der Waals surface area contributed by atoms with Crippen molar-refractivity contribution in [3.05, 3.63) is 22.7 Å². The molecule has 7 nitrogen and oxygen atoms in total. The number of nitrogen functional groups attached to an aromatic ring is 1. The minimum absolute atomic E-state index is 0.0405. The van der Waals surface area contributed by atoms with E-state index in [1.807, 2.05) is 0 Å². The van der Waals surface area contributed by atoms with Gasteiger partial charge in [0.05, 0.1) is 24.1 Å². The van der Waals surface area contributed by atoms with Crippen LogP contribution < -0.4 is 5.73 Å². The molecule has 0 radical (unpaired) electrons. The van der Waals surface area contributed by atoms with Gasteiger partial charge in [-0.25, -0.2) is 26.7 Å². The molecule has 2 N–H and O–H groups in total. The maximum atomic E-state index is 13.7. The van der Waals surface area contributed by atoms with Crippen molar-refractivity contribution in [2.75, 3.05) is 25.1 Å². The zero-order chi connectivity index (χ0) is 22.1. The Labute approximate surface area is 168 Å². The Morgan fingerprint density at radius 2 is 2.00 bits per heavy atom. The minimum atomic E-state index is -4.57. The normalized spacial score (nSPS) is 19.7. The smallest absolute Gasteiger partial charge is 0.367 e. The first-order valence-electron chi connectivity index (χ1n) is 8.37. The molecule has 0 spiro atoms. The van der Waals surface area contributed by atoms with Gasteiger partial charge in [0.2, 0.25) is 16.0 Å². The Morgan fingerprint density at radius 3 is 2.48 bits per heavy atom. The first-order valence-corrected chi connectivity index (χ1v) is 10.6. The van der Waals surface area contributed by atoms with E-state index in [0.717, 1.165) is 23.9 Å². The third-order valence-electron chi connectivity index (χ3n) is 4.32. The standard InChI is InChI=1S/C9H7ClF4N4.C6H12FNO2S/c1-3(9(12,13)14)7-5(10)6(11)4-2-16-8(15)17-18(4)7;1-11(9,10)8-4-2-3-6(7)5-8/h2-3H,1H3,(H2,15,17);6H,2-5H2,1H3. The van der Waals surface area contributed by atoms with Gasteiger partial charge in [-0.1, -0.05) is 11.6 Å². The van der Waals surface area contributed by atoms with Gasteiger partial charge in [-0.05, 0) is 19.8 Å². The van der Waals surface area contributed by atoms with E-state index >= 15 is 0 Å². The summed E-state index contributed by atoms with van der Waals surface area (Å²) < 4.78 is 88.1. The molecule has 164 valence electrons. The number of sulfonamides is 1. The van der Waals surface area contributed by atoms with Gasteiger partial charge < -0.3 is 5.73 Å². The van der Waals surface area contributed by atoms with E-state index < -0.39 is 44.8 Å². The fourth-order valence-electron chi connectivity index (χ4n) is 2.74. The molecule has 2 aromatic rings. The van der Waals surface area contributed by atoms with Gasteiger partial charge in [0.15, 0.2) is 5.82 Å². The number of anilines is 1. The Balaban J connectivity index is 0.000000234. The highest BCUT2D eigenvalue weighted by Crippen LogP contribution is 2.40. The predicted octanol–water partition coefficient (Wildman–Crippen LogP) is 3.15. The van der Waals surface area contributed by atoms with Crippen molar-refractivity contribution in [1.82, 2.24) is 18.9 Å². The summed E-state index contributed by atoms with van der Waals surface area (Å²) in [6.45, 7) is 1.38. The lowest BCUT2D eigenvalue weighted by Gasteiger charge is -2.26. The molecule has 2 unspecified atom stereocenters. The number of piperidine rings is 1. The van der Waals surface area contributed by atoms with E-state index in [0.29, 0.717) is 19.4 Å². The predicted molar refractivity (Wildman–Crippen MR) is 97.4 cm³/mol. The lowest BCUT2D eigenvalue weighted by Crippen LogP contribution is -2.39. The zero-order valence-corrected chi connectivity index (χ0v) is 17.0. The summed E-state index contributed by atoms with van der Waals surface area (Å²) in [7, 11) is -3.17. The molecule has 3 heterocycles. The number of halogens is 6. The molecule has 0 aliphatic carbocycles. The van der Waals surface area contributed by atoms with Gasteiger partial charge in [0.1, 0.15) is 16.7 Å². The van der Waals surface area contributed by atoms with Gasteiger partial charge in [0.25, 0.3) is 0 Å². The molecule has 0 amide bonds. The van der Waals surface area contributed by atoms with Gasteiger partial charge in [0, 0.05) is 13.1 Å². The van der Waals surface area contributed by atoms with Crippen LogP contribution in [0.2, 0.25) is 5.02 Å². The molecule has 1 fully saturated rings. The van der Waals surface area contributed by atoms with Crippen LogP contribution in [0.25, 0.3) is 5.52 Å². The lowest BCUT2D eigenvalue weighted by atomic mass is 10.1. The SMILES string of the molecule is CC(c1c(Cl)c(F)c2cnc(N)nn12)C(F)(F)F.CS(=O)(=O)N1CCCC(F)C1. The van der Waals surface area contributed by atoms with Crippen molar-refractivity contribution in [1.29, 1.82) is 0 Å². The van der Waals surface area contributed by atoms with Crippen LogP contribution in [0.5, 0.6) is 0 Å². The third-order valence-corrected chi connectivity index (χ3v) is 5.95. The van der Waals surface area contributed by atoms with Gasteiger partial charge in [-0.3, -0.25) is 0 Å². The highest BCUT2D eigenvalue weighted by atomic mass is 35.5. The highest BCUT2D eigenvalue weighted by Gasteiger charge is 2.41. The summed E-state index contributed by atoms with van der Waals surface area (Å²) in [5.74, 6) is -3.25. The topological polar surface area (TPSA) is 93.6 Å². The van der Waals surface area contributed by atoms with Crippen LogP contribution in [0.3, 0.4) is 0 Å². The summed E-state index contributed by atoms with van der Waals surface area (Å²) in [6.07, 6.45) is -2.32. The second kappa shape index (κ2) is 8.56. The number of nitrogens with two attached hydrogens (primary N) is 1. The second-order valence-electron chi connectivity index (χ2n) is 6.55. The molecule has 2 aromatic heterocycles. The van der Waals surface area contributed by atoms with E-state index in [1.165, 1.54) is 4.31 Å². The van der Waals surface area contributed by atoms with Gasteiger partial charge in [-0.2, -0.15) is 17.5 Å². The second-order valence-corrected chi connectivity index (χ2v) is 8.91. The Hall–Kier alpha value is -1.73. The van der Waals surface area contributed by atoms with E-state index in [9.17, 15) is 30.4 Å². The Morgan fingerprint density at radius 1 is 1.38 bits per heavy atom. The van der Waals surface area contributed by atoms with Crippen LogP contribution in [-0.4, -0.2) is 59.0 Å². The molecule has 1 aliphatic heterocycles. The Kier molecular flexibility index (Phi) is 6.95. The molecule has 2 atom stereocenters. The maximum absolute atomic E-state index is 13.7. The molecule has 14 heteroatoms. The monoisotopic (exact) mass is 463 g/mol. The molecule has 0 saturated carbocycles. The molecule has 29 heavy (non-hydrogen) atoms. The average Bonchev–Trinajstić information content (AvgIpc) is 2.83. The molecule has 1 aliphatic rings. The molecule has 3 rings (SSSR count). The van der Waals surface area contributed by atoms with Crippen molar-refractivity contribution in [3.63, 3.8) is 0 Å². The summed E-state index contributed by atoms with van der Waals surface area (Å²) in [5.41, 5.74) is 4.53. The van der Waals surface area contributed by atoms with Gasteiger partial charge >= 0.3 is 6.18 Å². The van der Waals surface area contributed by atoms with Crippen LogP contribution >= 0.6 is 11.6 Å². The first kappa shape index (κ1) is 23.5. The van der Waals surface area contributed by atoms with E-state index in [2.05, 4.69) is 10.1 Å². The van der Waals surface area contributed by atoms with Crippen LogP contribution in [0.1, 0.15) is 31.4 Å². The van der Waals surface area contributed by atoms with Crippen LogP contribution in [0, 0.1) is 5.82 Å². The minimum Gasteiger partial charge on any atom is -0.367 e. The van der Waals surface area contributed by atoms with Crippen LogP contribution in [0.15, 0.2) is 6.20 Å². The van der Waals surface area contributed by atoms with E-state index in [4.69, 9.17) is 17.3 Å². The van der Waals surface area contributed by atoms with Crippen LogP contribution in [-0.2, 0) is 10.0 Å². The lowest BCUT2D eigenvalue weighted by molar-refractivity contribution is -0.147. The molecule has 1 saturated heterocycles. The summed E-state index contributed by atoms with van der Waals surface area (Å²) in [6, 6.07) is 0. The zero-order valence-electron chi connectivity index (χ0n) is 15.4. The van der Waals surface area contributed by atoms with Crippen LogP contribution in [0.4, 0.5) is 27.9 Å². The molecular weight excluding hydrogens is 445 g/mol. The fraction of sp³-hybridized carbons (Fsp3) is 0.600. The fourth-order valence-corrected chi connectivity index (χ4v) is 3.97. The summed E-state index contributed by atoms with van der Waals surface area (Å²) in [4.78, 5) is 3.51. The van der Waals surface area contributed by atoms with Crippen molar-refractivity contribution >= 4 is 33.1 Å². The number of hydrogen-bond donors (Lipinski definition) is 1. The van der Waals surface area contributed by atoms with Crippen molar-refractivity contribution < 1.29 is 30.4 Å². The third kappa shape index (κ3) is 5.45.